The number of aryl methyl sites for hydroxylation is 1. The second-order valence-corrected chi connectivity index (χ2v) is 5.22. The maximum atomic E-state index is 10.1. The molecule has 0 spiro atoms. The predicted molar refractivity (Wildman–Crippen MR) is 55.2 cm³/mol. The minimum absolute atomic E-state index is 0.314. The summed E-state index contributed by atoms with van der Waals surface area (Å²) >= 11 is 1.58. The summed E-state index contributed by atoms with van der Waals surface area (Å²) in [7, 11) is 0. The van der Waals surface area contributed by atoms with Gasteiger partial charge >= 0.3 is 0 Å². The fourth-order valence-electron chi connectivity index (χ4n) is 2.61. The zero-order valence-corrected chi connectivity index (χ0v) is 8.92. The number of rotatable bonds is 2. The van der Waals surface area contributed by atoms with Gasteiger partial charge in [-0.25, -0.2) is 4.98 Å². The first-order valence-corrected chi connectivity index (χ1v) is 5.96. The number of nitrogens with one attached hydrogen (secondary N) is 1. The Hall–Kier alpha value is -0.450. The van der Waals surface area contributed by atoms with E-state index in [-0.39, 0.29) is 6.10 Å². The molecule has 14 heavy (non-hydrogen) atoms. The molecular formula is C10H14N2OS. The van der Waals surface area contributed by atoms with Crippen molar-refractivity contribution in [3.8, 4) is 0 Å². The zero-order valence-electron chi connectivity index (χ0n) is 8.10. The van der Waals surface area contributed by atoms with Gasteiger partial charge in [0.05, 0.1) is 0 Å². The minimum atomic E-state index is -0.314. The van der Waals surface area contributed by atoms with Crippen LogP contribution >= 0.6 is 11.3 Å². The summed E-state index contributed by atoms with van der Waals surface area (Å²) in [5.41, 5.74) is 1.02. The third-order valence-corrected chi connectivity index (χ3v) is 4.45. The van der Waals surface area contributed by atoms with Gasteiger partial charge in [-0.15, -0.1) is 11.3 Å². The zero-order chi connectivity index (χ0) is 9.71. The molecule has 2 unspecified atom stereocenters. The number of thiazole rings is 1. The number of aromatic nitrogens is 1. The number of piperidine rings is 1. The Morgan fingerprint density at radius 2 is 2.29 bits per heavy atom. The van der Waals surface area contributed by atoms with Crippen LogP contribution < -0.4 is 5.32 Å². The molecule has 0 aromatic carbocycles. The Kier molecular flexibility index (Phi) is 1.90. The van der Waals surface area contributed by atoms with Gasteiger partial charge in [-0.05, 0) is 31.8 Å². The van der Waals surface area contributed by atoms with E-state index in [1.54, 1.807) is 11.3 Å². The summed E-state index contributed by atoms with van der Waals surface area (Å²) in [5.74, 6) is 1.88. The maximum absolute atomic E-state index is 10.1. The summed E-state index contributed by atoms with van der Waals surface area (Å²) < 4.78 is 0. The summed E-state index contributed by atoms with van der Waals surface area (Å²) in [4.78, 5) is 4.35. The number of aliphatic hydroxyl groups excluding tert-OH is 1. The Bertz CT molecular complexity index is 342. The van der Waals surface area contributed by atoms with Crippen molar-refractivity contribution in [2.75, 3.05) is 13.1 Å². The summed E-state index contributed by atoms with van der Waals surface area (Å²) in [6, 6.07) is 0. The van der Waals surface area contributed by atoms with Crippen LogP contribution in [0.4, 0.5) is 0 Å². The van der Waals surface area contributed by atoms with Crippen LogP contribution in [0.5, 0.6) is 0 Å². The Balaban J connectivity index is 1.75. The molecule has 3 nitrogen and oxygen atoms in total. The summed E-state index contributed by atoms with van der Waals surface area (Å²) in [6.07, 6.45) is -0.314. The van der Waals surface area contributed by atoms with Gasteiger partial charge in [-0.3, -0.25) is 0 Å². The molecule has 2 heterocycles. The first kappa shape index (κ1) is 8.83. The normalized spacial score (nSPS) is 36.9. The van der Waals surface area contributed by atoms with E-state index in [0.717, 1.165) is 23.8 Å². The highest BCUT2D eigenvalue weighted by atomic mass is 32.1. The number of fused-ring (bicyclic) bond motifs is 1. The van der Waals surface area contributed by atoms with Crippen LogP contribution in [-0.2, 0) is 0 Å². The van der Waals surface area contributed by atoms with E-state index in [2.05, 4.69) is 10.3 Å². The minimum Gasteiger partial charge on any atom is -0.386 e. The Morgan fingerprint density at radius 1 is 1.57 bits per heavy atom. The van der Waals surface area contributed by atoms with E-state index >= 15 is 0 Å². The third kappa shape index (κ3) is 1.21. The van der Waals surface area contributed by atoms with E-state index in [9.17, 15) is 5.11 Å². The van der Waals surface area contributed by atoms with Gasteiger partial charge in [0.2, 0.25) is 0 Å². The molecule has 1 aromatic heterocycles. The molecule has 2 aliphatic rings. The van der Waals surface area contributed by atoms with Crippen molar-refractivity contribution in [2.45, 2.75) is 13.0 Å². The summed E-state index contributed by atoms with van der Waals surface area (Å²) in [5, 5.41) is 16.3. The number of hydrogen-bond donors (Lipinski definition) is 2. The van der Waals surface area contributed by atoms with Crippen LogP contribution in [0.1, 0.15) is 16.8 Å². The molecule has 0 bridgehead atoms. The van der Waals surface area contributed by atoms with Gasteiger partial charge in [0.15, 0.2) is 0 Å². The SMILES string of the molecule is Cc1csc(C(O)C2[C@H]3CNC[C@@H]23)n1. The van der Waals surface area contributed by atoms with Crippen LogP contribution in [0.3, 0.4) is 0 Å². The van der Waals surface area contributed by atoms with E-state index in [1.807, 2.05) is 12.3 Å². The van der Waals surface area contributed by atoms with Crippen molar-refractivity contribution in [1.29, 1.82) is 0 Å². The van der Waals surface area contributed by atoms with Crippen LogP contribution in [0, 0.1) is 24.7 Å². The highest BCUT2D eigenvalue weighted by Gasteiger charge is 2.56. The quantitative estimate of drug-likeness (QED) is 0.764. The molecule has 1 aliphatic heterocycles. The monoisotopic (exact) mass is 210 g/mol. The molecule has 1 saturated carbocycles. The van der Waals surface area contributed by atoms with Crippen LogP contribution in [0.2, 0.25) is 0 Å². The first-order valence-electron chi connectivity index (χ1n) is 5.08. The van der Waals surface area contributed by atoms with Crippen molar-refractivity contribution >= 4 is 11.3 Å². The second-order valence-electron chi connectivity index (χ2n) is 4.34. The van der Waals surface area contributed by atoms with Gasteiger partial charge in [0, 0.05) is 17.0 Å². The van der Waals surface area contributed by atoms with Crippen molar-refractivity contribution in [2.24, 2.45) is 17.8 Å². The molecule has 76 valence electrons. The van der Waals surface area contributed by atoms with Gasteiger partial charge in [0.1, 0.15) is 11.1 Å². The number of hydrogen-bond acceptors (Lipinski definition) is 4. The van der Waals surface area contributed by atoms with Crippen molar-refractivity contribution < 1.29 is 5.11 Å². The van der Waals surface area contributed by atoms with Crippen LogP contribution in [-0.4, -0.2) is 23.2 Å². The topological polar surface area (TPSA) is 45.1 Å². The molecule has 3 rings (SSSR count). The molecule has 4 atom stereocenters. The third-order valence-electron chi connectivity index (χ3n) is 3.41. The molecule has 0 radical (unpaired) electrons. The van der Waals surface area contributed by atoms with Gasteiger partial charge in [-0.2, -0.15) is 0 Å². The fourth-order valence-corrected chi connectivity index (χ4v) is 3.44. The second kappa shape index (κ2) is 3.02. The van der Waals surface area contributed by atoms with Crippen LogP contribution in [0.25, 0.3) is 0 Å². The van der Waals surface area contributed by atoms with Crippen molar-refractivity contribution in [1.82, 2.24) is 10.3 Å². The average molecular weight is 210 g/mol. The molecule has 1 aliphatic carbocycles. The smallest absolute Gasteiger partial charge is 0.122 e. The van der Waals surface area contributed by atoms with Gasteiger partial charge < -0.3 is 10.4 Å². The largest absolute Gasteiger partial charge is 0.386 e. The molecule has 2 N–H and O–H groups in total. The Labute approximate surface area is 87.2 Å². The molecule has 1 aromatic rings. The molecule has 1 saturated heterocycles. The lowest BCUT2D eigenvalue weighted by Gasteiger charge is -2.09. The summed E-state index contributed by atoms with van der Waals surface area (Å²) in [6.45, 7) is 4.13. The lowest BCUT2D eigenvalue weighted by Crippen LogP contribution is -2.17. The maximum Gasteiger partial charge on any atom is 0.122 e. The predicted octanol–water partition coefficient (Wildman–Crippen LogP) is 0.950. The highest BCUT2D eigenvalue weighted by molar-refractivity contribution is 7.09. The van der Waals surface area contributed by atoms with Crippen molar-refractivity contribution in [3.05, 3.63) is 16.1 Å². The molecule has 2 fully saturated rings. The number of aliphatic hydroxyl groups is 1. The lowest BCUT2D eigenvalue weighted by atomic mass is 10.1. The standard InChI is InChI=1S/C10H14N2OS/c1-5-4-14-10(12-5)9(13)8-6-2-11-3-7(6)8/h4,6-9,11,13H,2-3H2,1H3/t6-,7+,8?,9?. The lowest BCUT2D eigenvalue weighted by molar-refractivity contribution is 0.138. The van der Waals surface area contributed by atoms with Gasteiger partial charge in [0.25, 0.3) is 0 Å². The van der Waals surface area contributed by atoms with Crippen molar-refractivity contribution in [3.63, 3.8) is 0 Å². The van der Waals surface area contributed by atoms with E-state index in [1.165, 1.54) is 0 Å². The molecule has 4 heteroatoms. The Morgan fingerprint density at radius 3 is 2.86 bits per heavy atom. The fraction of sp³-hybridized carbons (Fsp3) is 0.700. The van der Waals surface area contributed by atoms with E-state index < -0.39 is 0 Å². The van der Waals surface area contributed by atoms with E-state index in [0.29, 0.717) is 17.8 Å². The molecule has 0 amide bonds. The molecular weight excluding hydrogens is 196 g/mol. The average Bonchev–Trinajstić information content (AvgIpc) is 2.56. The highest BCUT2D eigenvalue weighted by Crippen LogP contribution is 2.55. The first-order chi connectivity index (χ1) is 6.77. The number of nitrogens with zero attached hydrogens (tertiary/aromatic N) is 1. The van der Waals surface area contributed by atoms with Gasteiger partial charge in [-0.1, -0.05) is 0 Å². The van der Waals surface area contributed by atoms with Crippen LogP contribution in [0.15, 0.2) is 5.38 Å². The van der Waals surface area contributed by atoms with E-state index in [4.69, 9.17) is 0 Å².